The minimum Gasteiger partial charge on any atom is -0.481 e. The van der Waals surface area contributed by atoms with Crippen molar-refractivity contribution in [2.45, 2.75) is 17.7 Å². The van der Waals surface area contributed by atoms with Gasteiger partial charge in [0.1, 0.15) is 0 Å². The van der Waals surface area contributed by atoms with Gasteiger partial charge in [-0.25, -0.2) is 13.1 Å². The lowest BCUT2D eigenvalue weighted by atomic mass is 10.2. The predicted molar refractivity (Wildman–Crippen MR) is 66.8 cm³/mol. The van der Waals surface area contributed by atoms with Crippen LogP contribution in [0.5, 0.6) is 0 Å². The van der Waals surface area contributed by atoms with E-state index in [2.05, 4.69) is 4.72 Å². The first-order valence-corrected chi connectivity index (χ1v) is 6.88. The largest absolute Gasteiger partial charge is 0.481 e. The molecule has 8 heteroatoms. The second-order valence-electron chi connectivity index (χ2n) is 3.83. The van der Waals surface area contributed by atoms with Crippen molar-refractivity contribution in [2.75, 3.05) is 6.54 Å². The molecule has 4 N–H and O–H groups in total. The van der Waals surface area contributed by atoms with Crippen molar-refractivity contribution in [3.63, 3.8) is 0 Å². The minimum atomic E-state index is -3.71. The highest BCUT2D eigenvalue weighted by molar-refractivity contribution is 7.89. The fraction of sp³-hybridized carbons (Fsp3) is 0.273. The average Bonchev–Trinajstić information content (AvgIpc) is 2.28. The molecule has 7 nitrogen and oxygen atoms in total. The van der Waals surface area contributed by atoms with E-state index in [9.17, 15) is 18.0 Å². The van der Waals surface area contributed by atoms with E-state index < -0.39 is 21.9 Å². The van der Waals surface area contributed by atoms with Gasteiger partial charge in [-0.1, -0.05) is 12.1 Å². The van der Waals surface area contributed by atoms with Gasteiger partial charge in [0.05, 0.1) is 11.3 Å². The number of amides is 1. The van der Waals surface area contributed by atoms with Gasteiger partial charge < -0.3 is 10.8 Å². The number of hydrogen-bond acceptors (Lipinski definition) is 4. The third-order valence-electron chi connectivity index (χ3n) is 2.25. The van der Waals surface area contributed by atoms with E-state index in [0.717, 1.165) is 0 Å². The van der Waals surface area contributed by atoms with Crippen molar-refractivity contribution in [1.29, 1.82) is 0 Å². The lowest BCUT2D eigenvalue weighted by Crippen LogP contribution is -2.28. The molecule has 0 aromatic heterocycles. The van der Waals surface area contributed by atoms with Crippen LogP contribution in [0.25, 0.3) is 0 Å². The number of nitrogens with two attached hydrogens (primary N) is 1. The zero-order valence-corrected chi connectivity index (χ0v) is 10.8. The first kappa shape index (κ1) is 15.1. The number of rotatable bonds is 7. The van der Waals surface area contributed by atoms with Crippen LogP contribution in [-0.4, -0.2) is 31.9 Å². The summed E-state index contributed by atoms with van der Waals surface area (Å²) >= 11 is 0. The summed E-state index contributed by atoms with van der Waals surface area (Å²) in [5.41, 5.74) is 5.40. The van der Waals surface area contributed by atoms with Crippen LogP contribution in [0.15, 0.2) is 29.2 Å². The van der Waals surface area contributed by atoms with Crippen molar-refractivity contribution < 1.29 is 23.1 Å². The van der Waals surface area contributed by atoms with Crippen LogP contribution < -0.4 is 10.5 Å². The van der Waals surface area contributed by atoms with Crippen LogP contribution in [0.1, 0.15) is 12.0 Å². The quantitative estimate of drug-likeness (QED) is 0.621. The molecule has 0 saturated heterocycles. The summed E-state index contributed by atoms with van der Waals surface area (Å²) in [6.45, 7) is -0.0749. The minimum absolute atomic E-state index is 0.00566. The van der Waals surface area contributed by atoms with Gasteiger partial charge in [0.15, 0.2) is 0 Å². The van der Waals surface area contributed by atoms with E-state index in [1.54, 1.807) is 0 Å². The topological polar surface area (TPSA) is 127 Å². The maximum Gasteiger partial charge on any atom is 0.307 e. The van der Waals surface area contributed by atoms with Crippen LogP contribution in [0, 0.1) is 0 Å². The molecule has 0 heterocycles. The van der Waals surface area contributed by atoms with Crippen LogP contribution in [-0.2, 0) is 26.0 Å². The summed E-state index contributed by atoms with van der Waals surface area (Å²) in [5, 5.41) is 8.59. The number of carboxylic acids is 1. The average molecular weight is 286 g/mol. The number of nitrogens with one attached hydrogen (secondary N) is 1. The number of benzene rings is 1. The Kier molecular flexibility index (Phi) is 5.02. The molecule has 0 unspecified atom stereocenters. The Morgan fingerprint density at radius 1 is 1.21 bits per heavy atom. The van der Waals surface area contributed by atoms with Crippen molar-refractivity contribution in [3.05, 3.63) is 29.8 Å². The zero-order valence-electron chi connectivity index (χ0n) is 10.00. The van der Waals surface area contributed by atoms with Crippen LogP contribution in [0.4, 0.5) is 0 Å². The smallest absolute Gasteiger partial charge is 0.307 e. The van der Waals surface area contributed by atoms with E-state index in [-0.39, 0.29) is 24.3 Å². The zero-order chi connectivity index (χ0) is 14.5. The molecule has 1 aromatic rings. The molecule has 0 aliphatic heterocycles. The Hall–Kier alpha value is -1.93. The summed E-state index contributed by atoms with van der Waals surface area (Å²) in [6, 6.07) is 5.48. The van der Waals surface area contributed by atoms with Gasteiger partial charge in [-0.3, -0.25) is 9.59 Å². The molecule has 0 bridgehead atoms. The van der Waals surface area contributed by atoms with Gasteiger partial charge in [-0.2, -0.15) is 0 Å². The summed E-state index contributed by atoms with van der Waals surface area (Å²) in [6.07, 6.45) is -0.258. The van der Waals surface area contributed by atoms with Gasteiger partial charge >= 0.3 is 5.97 Å². The molecule has 19 heavy (non-hydrogen) atoms. The Labute approximate surface area is 110 Å². The monoisotopic (exact) mass is 286 g/mol. The number of aliphatic carboxylic acids is 1. The molecular weight excluding hydrogens is 272 g/mol. The summed E-state index contributed by atoms with van der Waals surface area (Å²) in [7, 11) is -3.71. The fourth-order valence-electron chi connectivity index (χ4n) is 1.35. The molecule has 0 aliphatic rings. The molecule has 0 spiro atoms. The molecule has 0 saturated carbocycles. The van der Waals surface area contributed by atoms with Crippen LogP contribution >= 0.6 is 0 Å². The normalized spacial score (nSPS) is 11.2. The summed E-state index contributed by atoms with van der Waals surface area (Å²) < 4.78 is 25.8. The van der Waals surface area contributed by atoms with E-state index in [1.165, 1.54) is 24.3 Å². The van der Waals surface area contributed by atoms with E-state index >= 15 is 0 Å². The lowest BCUT2D eigenvalue weighted by molar-refractivity contribution is -0.136. The van der Waals surface area contributed by atoms with Crippen molar-refractivity contribution in [2.24, 2.45) is 5.73 Å². The number of primary amides is 1. The standard InChI is InChI=1S/C11H14N2O5S/c12-10(14)5-6-13-19(17,18)9-3-1-8(2-4-9)7-11(15)16/h1-4,13H,5-7H2,(H2,12,14)(H,15,16). The second kappa shape index (κ2) is 6.30. The van der Waals surface area contributed by atoms with Gasteiger partial charge in [0, 0.05) is 13.0 Å². The first-order valence-electron chi connectivity index (χ1n) is 5.40. The molecular formula is C11H14N2O5S. The SMILES string of the molecule is NC(=O)CCNS(=O)(=O)c1ccc(CC(=O)O)cc1. The van der Waals surface area contributed by atoms with Crippen LogP contribution in [0.3, 0.4) is 0 Å². The number of carbonyl (C=O) groups is 2. The van der Waals surface area contributed by atoms with E-state index in [0.29, 0.717) is 5.56 Å². The molecule has 0 aliphatic carbocycles. The maximum atomic E-state index is 11.8. The van der Waals surface area contributed by atoms with Crippen LogP contribution in [0.2, 0.25) is 0 Å². The highest BCUT2D eigenvalue weighted by Gasteiger charge is 2.13. The summed E-state index contributed by atoms with van der Waals surface area (Å²) in [4.78, 5) is 21.0. The molecule has 1 amide bonds. The molecule has 0 fully saturated rings. The third kappa shape index (κ3) is 5.06. The van der Waals surface area contributed by atoms with Gasteiger partial charge in [0.2, 0.25) is 15.9 Å². The Bertz CT molecular complexity index is 565. The third-order valence-corrected chi connectivity index (χ3v) is 3.73. The number of sulfonamides is 1. The van der Waals surface area contributed by atoms with Gasteiger partial charge in [-0.15, -0.1) is 0 Å². The highest BCUT2D eigenvalue weighted by Crippen LogP contribution is 2.11. The Morgan fingerprint density at radius 3 is 2.26 bits per heavy atom. The van der Waals surface area contributed by atoms with E-state index in [1.807, 2.05) is 0 Å². The van der Waals surface area contributed by atoms with Gasteiger partial charge in [0.25, 0.3) is 0 Å². The Morgan fingerprint density at radius 2 is 1.79 bits per heavy atom. The number of hydrogen-bond donors (Lipinski definition) is 3. The van der Waals surface area contributed by atoms with E-state index in [4.69, 9.17) is 10.8 Å². The molecule has 1 aromatic carbocycles. The Balaban J connectivity index is 2.73. The highest BCUT2D eigenvalue weighted by atomic mass is 32.2. The second-order valence-corrected chi connectivity index (χ2v) is 5.60. The first-order chi connectivity index (χ1) is 8.81. The molecule has 104 valence electrons. The van der Waals surface area contributed by atoms with Crippen molar-refractivity contribution >= 4 is 21.9 Å². The number of carboxylic acid groups (broad SMARTS) is 1. The van der Waals surface area contributed by atoms with Gasteiger partial charge in [-0.05, 0) is 17.7 Å². The predicted octanol–water partition coefficient (Wildman–Crippen LogP) is -0.533. The fourth-order valence-corrected chi connectivity index (χ4v) is 2.38. The molecule has 1 rings (SSSR count). The number of carbonyl (C=O) groups excluding carboxylic acids is 1. The molecule has 0 atom stereocenters. The lowest BCUT2D eigenvalue weighted by Gasteiger charge is -2.06. The summed E-state index contributed by atoms with van der Waals surface area (Å²) in [5.74, 6) is -1.59. The van der Waals surface area contributed by atoms with Crippen molar-refractivity contribution in [3.8, 4) is 0 Å². The maximum absolute atomic E-state index is 11.8. The van der Waals surface area contributed by atoms with Crippen molar-refractivity contribution in [1.82, 2.24) is 4.72 Å². The molecule has 0 radical (unpaired) electrons.